The maximum absolute atomic E-state index is 12.7. The monoisotopic (exact) mass is 397 g/mol. The van der Waals surface area contributed by atoms with Gasteiger partial charge in [0.1, 0.15) is 6.04 Å². The predicted octanol–water partition coefficient (Wildman–Crippen LogP) is 3.59. The first-order chi connectivity index (χ1) is 12.1. The summed E-state index contributed by atoms with van der Waals surface area (Å²) in [6, 6.07) is 14.7. The fourth-order valence-corrected chi connectivity index (χ4v) is 3.42. The van der Waals surface area contributed by atoms with E-state index in [0.29, 0.717) is 6.42 Å². The van der Waals surface area contributed by atoms with Crippen molar-refractivity contribution >= 4 is 38.8 Å². The number of urea groups is 1. The molecule has 1 saturated heterocycles. The summed E-state index contributed by atoms with van der Waals surface area (Å²) in [6.07, 6.45) is 2.38. The summed E-state index contributed by atoms with van der Waals surface area (Å²) in [5, 5.41) is 3.88. The molecule has 2 heterocycles. The van der Waals surface area contributed by atoms with Gasteiger partial charge in [0.25, 0.3) is 5.91 Å². The smallest absolute Gasteiger partial charge is 0.325 e. The number of hydrogen-bond donors (Lipinski definition) is 2. The molecule has 1 aliphatic rings. The van der Waals surface area contributed by atoms with Gasteiger partial charge in [-0.2, -0.15) is 0 Å². The second kappa shape index (κ2) is 6.37. The van der Waals surface area contributed by atoms with Crippen molar-refractivity contribution in [2.45, 2.75) is 19.0 Å². The van der Waals surface area contributed by atoms with Crippen LogP contribution < -0.4 is 5.32 Å². The molecule has 1 atom stereocenters. The molecule has 126 valence electrons. The van der Waals surface area contributed by atoms with E-state index in [9.17, 15) is 9.59 Å². The Morgan fingerprint density at radius 2 is 1.80 bits per heavy atom. The third-order valence-corrected chi connectivity index (χ3v) is 4.99. The lowest BCUT2D eigenvalue weighted by Gasteiger charge is -2.13. The highest BCUT2D eigenvalue weighted by Crippen LogP contribution is 2.22. The normalized spacial score (nSPS) is 17.3. The number of para-hydroxylation sites is 1. The van der Waals surface area contributed by atoms with E-state index >= 15 is 0 Å². The Labute approximate surface area is 153 Å². The minimum atomic E-state index is -0.526. The number of carbonyl (C=O) groups is 2. The number of hydrogen-bond acceptors (Lipinski definition) is 2. The van der Waals surface area contributed by atoms with Gasteiger partial charge in [-0.15, -0.1) is 0 Å². The standard InChI is InChI=1S/C19H16BrN3O2/c20-14-7-5-12(6-8-14)11-23-18(24)17(22-19(23)25)9-13-10-21-16-4-2-1-3-15(13)16/h1-8,10,17,21H,9,11H2,(H,22,25). The third kappa shape index (κ3) is 3.05. The molecule has 25 heavy (non-hydrogen) atoms. The SMILES string of the molecule is O=C1NC(Cc2c[nH]c3ccccc23)C(=O)N1Cc1ccc(Br)cc1. The lowest BCUT2D eigenvalue weighted by atomic mass is 10.0. The van der Waals surface area contributed by atoms with E-state index in [2.05, 4.69) is 26.2 Å². The van der Waals surface area contributed by atoms with Crippen LogP contribution in [0.4, 0.5) is 4.79 Å². The summed E-state index contributed by atoms with van der Waals surface area (Å²) < 4.78 is 0.964. The van der Waals surface area contributed by atoms with Crippen molar-refractivity contribution in [2.24, 2.45) is 0 Å². The zero-order chi connectivity index (χ0) is 17.4. The summed E-state index contributed by atoms with van der Waals surface area (Å²) in [4.78, 5) is 29.4. The van der Waals surface area contributed by atoms with Crippen LogP contribution in [-0.4, -0.2) is 27.9 Å². The minimum absolute atomic E-state index is 0.182. The van der Waals surface area contributed by atoms with Gasteiger partial charge < -0.3 is 10.3 Å². The Bertz CT molecular complexity index is 949. The number of aromatic amines is 1. The van der Waals surface area contributed by atoms with Crippen LogP contribution >= 0.6 is 15.9 Å². The molecule has 0 spiro atoms. The van der Waals surface area contributed by atoms with Crippen LogP contribution in [0.15, 0.2) is 59.2 Å². The summed E-state index contributed by atoms with van der Waals surface area (Å²) in [5.41, 5.74) is 2.97. The Balaban J connectivity index is 1.51. The zero-order valence-corrected chi connectivity index (χ0v) is 14.9. The molecule has 1 fully saturated rings. The number of nitrogens with zero attached hydrogens (tertiary/aromatic N) is 1. The van der Waals surface area contributed by atoms with E-state index in [-0.39, 0.29) is 18.5 Å². The van der Waals surface area contributed by atoms with Crippen molar-refractivity contribution in [3.05, 3.63) is 70.3 Å². The van der Waals surface area contributed by atoms with Crippen LogP contribution in [0, 0.1) is 0 Å². The minimum Gasteiger partial charge on any atom is -0.361 e. The maximum atomic E-state index is 12.7. The van der Waals surface area contributed by atoms with E-state index in [1.165, 1.54) is 4.90 Å². The van der Waals surface area contributed by atoms with E-state index in [4.69, 9.17) is 0 Å². The lowest BCUT2D eigenvalue weighted by Crippen LogP contribution is -2.32. The molecule has 1 unspecified atom stereocenters. The first kappa shape index (κ1) is 15.9. The van der Waals surface area contributed by atoms with Gasteiger partial charge >= 0.3 is 6.03 Å². The van der Waals surface area contributed by atoms with E-state index in [1.54, 1.807) is 0 Å². The van der Waals surface area contributed by atoms with Crippen molar-refractivity contribution < 1.29 is 9.59 Å². The van der Waals surface area contributed by atoms with Gasteiger partial charge in [-0.1, -0.05) is 46.3 Å². The Morgan fingerprint density at radius 3 is 2.60 bits per heavy atom. The van der Waals surface area contributed by atoms with Gasteiger partial charge in [0.2, 0.25) is 0 Å². The first-order valence-corrected chi connectivity index (χ1v) is 8.82. The molecule has 5 nitrogen and oxygen atoms in total. The van der Waals surface area contributed by atoms with Crippen LogP contribution in [0.2, 0.25) is 0 Å². The molecule has 2 aromatic carbocycles. The summed E-state index contributed by atoms with van der Waals surface area (Å²) in [6.45, 7) is 0.280. The highest BCUT2D eigenvalue weighted by molar-refractivity contribution is 9.10. The fraction of sp³-hybridized carbons (Fsp3) is 0.158. The van der Waals surface area contributed by atoms with Crippen LogP contribution in [0.1, 0.15) is 11.1 Å². The van der Waals surface area contributed by atoms with E-state index < -0.39 is 6.04 Å². The Hall–Kier alpha value is -2.60. The Kier molecular flexibility index (Phi) is 4.05. The third-order valence-electron chi connectivity index (χ3n) is 4.46. The van der Waals surface area contributed by atoms with Gasteiger partial charge in [0.15, 0.2) is 0 Å². The fourth-order valence-electron chi connectivity index (χ4n) is 3.16. The van der Waals surface area contributed by atoms with Crippen LogP contribution in [0.3, 0.4) is 0 Å². The number of nitrogens with one attached hydrogen (secondary N) is 2. The zero-order valence-electron chi connectivity index (χ0n) is 13.3. The lowest BCUT2D eigenvalue weighted by molar-refractivity contribution is -0.127. The predicted molar refractivity (Wildman–Crippen MR) is 99.0 cm³/mol. The summed E-state index contributed by atoms with van der Waals surface area (Å²) >= 11 is 3.38. The number of rotatable bonds is 4. The van der Waals surface area contributed by atoms with Gasteiger partial charge in [-0.3, -0.25) is 9.69 Å². The van der Waals surface area contributed by atoms with Crippen molar-refractivity contribution in [3.8, 4) is 0 Å². The number of benzene rings is 2. The second-order valence-corrected chi connectivity index (χ2v) is 7.03. The van der Waals surface area contributed by atoms with Gasteiger partial charge in [-0.25, -0.2) is 4.79 Å². The quantitative estimate of drug-likeness (QED) is 0.660. The molecule has 0 bridgehead atoms. The van der Waals surface area contributed by atoms with Crippen LogP contribution in [0.5, 0.6) is 0 Å². The number of aromatic nitrogens is 1. The van der Waals surface area contributed by atoms with Crippen molar-refractivity contribution in [1.82, 2.24) is 15.2 Å². The average molecular weight is 398 g/mol. The molecule has 0 saturated carbocycles. The highest BCUT2D eigenvalue weighted by atomic mass is 79.9. The van der Waals surface area contributed by atoms with E-state index in [1.807, 2.05) is 54.7 Å². The van der Waals surface area contributed by atoms with Crippen molar-refractivity contribution in [1.29, 1.82) is 0 Å². The first-order valence-electron chi connectivity index (χ1n) is 8.03. The molecule has 4 rings (SSSR count). The largest absolute Gasteiger partial charge is 0.361 e. The van der Waals surface area contributed by atoms with Crippen molar-refractivity contribution in [3.63, 3.8) is 0 Å². The molecule has 2 N–H and O–H groups in total. The molecule has 3 amide bonds. The molecule has 6 heteroatoms. The van der Waals surface area contributed by atoms with Gasteiger partial charge in [0, 0.05) is 28.0 Å². The molecule has 3 aromatic rings. The number of imide groups is 1. The molecule has 0 radical (unpaired) electrons. The number of amides is 3. The molecular weight excluding hydrogens is 382 g/mol. The molecular formula is C19H16BrN3O2. The Morgan fingerprint density at radius 1 is 1.04 bits per heavy atom. The van der Waals surface area contributed by atoms with Crippen molar-refractivity contribution in [2.75, 3.05) is 0 Å². The number of carbonyl (C=O) groups excluding carboxylic acids is 2. The molecule has 0 aliphatic carbocycles. The summed E-state index contributed by atoms with van der Waals surface area (Å²) in [7, 11) is 0. The van der Waals surface area contributed by atoms with Gasteiger partial charge in [0.05, 0.1) is 6.54 Å². The topological polar surface area (TPSA) is 65.2 Å². The van der Waals surface area contributed by atoms with Crippen LogP contribution in [0.25, 0.3) is 10.9 Å². The number of halogens is 1. The summed E-state index contributed by atoms with van der Waals surface area (Å²) in [5.74, 6) is -0.182. The molecule has 1 aliphatic heterocycles. The van der Waals surface area contributed by atoms with Crippen LogP contribution in [-0.2, 0) is 17.8 Å². The second-order valence-electron chi connectivity index (χ2n) is 6.12. The maximum Gasteiger partial charge on any atom is 0.325 e. The highest BCUT2D eigenvalue weighted by Gasteiger charge is 2.38. The molecule has 1 aromatic heterocycles. The van der Waals surface area contributed by atoms with Gasteiger partial charge in [-0.05, 0) is 29.3 Å². The van der Waals surface area contributed by atoms with E-state index in [0.717, 1.165) is 26.5 Å². The average Bonchev–Trinajstić information content (AvgIpc) is 3.14. The number of fused-ring (bicyclic) bond motifs is 1. The number of H-pyrrole nitrogens is 1.